The Labute approximate surface area is 161 Å². The largest absolute Gasteiger partial charge is 0.463 e. The molecule has 4 nitrogen and oxygen atoms in total. The molecule has 0 amide bonds. The van der Waals surface area contributed by atoms with Crippen molar-refractivity contribution < 1.29 is 4.74 Å². The second kappa shape index (κ2) is 7.92. The summed E-state index contributed by atoms with van der Waals surface area (Å²) < 4.78 is 14.6. The maximum Gasteiger partial charge on any atom is 0.250 e. The lowest BCUT2D eigenvalue weighted by atomic mass is 9.89. The average molecular weight is 459 g/mol. The first-order valence-corrected chi connectivity index (χ1v) is 9.26. The molecule has 7 heteroatoms. The van der Waals surface area contributed by atoms with Crippen molar-refractivity contribution >= 4 is 47.0 Å². The van der Waals surface area contributed by atoms with Gasteiger partial charge >= 0.3 is 0 Å². The molecule has 3 unspecified atom stereocenters. The Hall–Kier alpha value is -0.690. The van der Waals surface area contributed by atoms with Gasteiger partial charge < -0.3 is 9.64 Å². The Morgan fingerprint density at radius 2 is 2.30 bits per heavy atom. The lowest BCUT2D eigenvalue weighted by molar-refractivity contribution is 0.269. The minimum absolute atomic E-state index is 0. The minimum Gasteiger partial charge on any atom is -0.463 e. The number of halogens is 1. The van der Waals surface area contributed by atoms with Crippen molar-refractivity contribution in [3.05, 3.63) is 28.1 Å². The van der Waals surface area contributed by atoms with E-state index in [2.05, 4.69) is 25.5 Å². The molecule has 23 heavy (non-hydrogen) atoms. The third-order valence-electron chi connectivity index (χ3n) is 4.43. The van der Waals surface area contributed by atoms with Gasteiger partial charge in [-0.15, -0.1) is 28.4 Å². The quantitative estimate of drug-likeness (QED) is 0.521. The van der Waals surface area contributed by atoms with E-state index in [0.29, 0.717) is 18.4 Å². The van der Waals surface area contributed by atoms with Gasteiger partial charge in [0.15, 0.2) is 6.61 Å². The Kier molecular flexibility index (Phi) is 5.91. The molecule has 0 saturated carbocycles. The molecule has 2 bridgehead atoms. The standard InChI is InChI=1S/C16H17N3OS2.HI/c1-4-13-9-19(6-1)10-14(13)15-16(18-22-17-15)20-7-2-3-12-5-8-21-11-12;/h5,8,11,13-14H,1,4,6-7,9-10H2;1H. The van der Waals surface area contributed by atoms with E-state index in [1.165, 1.54) is 37.7 Å². The van der Waals surface area contributed by atoms with E-state index in [-0.39, 0.29) is 24.0 Å². The van der Waals surface area contributed by atoms with Crippen molar-refractivity contribution in [2.45, 2.75) is 18.8 Å². The zero-order chi connectivity index (χ0) is 14.8. The van der Waals surface area contributed by atoms with E-state index in [4.69, 9.17) is 4.74 Å². The number of fused-ring (bicyclic) bond motifs is 2. The van der Waals surface area contributed by atoms with E-state index < -0.39 is 0 Å². The molecule has 122 valence electrons. The number of aromatic nitrogens is 2. The van der Waals surface area contributed by atoms with Crippen molar-refractivity contribution in [1.29, 1.82) is 0 Å². The fourth-order valence-electron chi connectivity index (χ4n) is 3.41. The summed E-state index contributed by atoms with van der Waals surface area (Å²) >= 11 is 2.91. The summed E-state index contributed by atoms with van der Waals surface area (Å²) in [5.41, 5.74) is 2.10. The van der Waals surface area contributed by atoms with Crippen LogP contribution in [0.5, 0.6) is 5.88 Å². The zero-order valence-electron chi connectivity index (χ0n) is 12.6. The Morgan fingerprint density at radius 3 is 3.13 bits per heavy atom. The molecule has 0 aliphatic carbocycles. The van der Waals surface area contributed by atoms with Gasteiger partial charge in [-0.1, -0.05) is 11.8 Å². The molecule has 2 saturated heterocycles. The molecule has 4 heterocycles. The third-order valence-corrected chi connectivity index (χ3v) is 5.64. The fraction of sp³-hybridized carbons (Fsp3) is 0.500. The van der Waals surface area contributed by atoms with Crippen LogP contribution in [0.25, 0.3) is 0 Å². The maximum absolute atomic E-state index is 5.78. The number of hydrogen-bond acceptors (Lipinski definition) is 6. The van der Waals surface area contributed by atoms with Gasteiger partial charge in [-0.25, -0.2) is 0 Å². The van der Waals surface area contributed by atoms with Crippen molar-refractivity contribution in [2.75, 3.05) is 26.2 Å². The highest BCUT2D eigenvalue weighted by atomic mass is 127. The predicted molar refractivity (Wildman–Crippen MR) is 104 cm³/mol. The van der Waals surface area contributed by atoms with Crippen LogP contribution in [0.3, 0.4) is 0 Å². The van der Waals surface area contributed by atoms with Crippen LogP contribution in [-0.2, 0) is 0 Å². The second-order valence-corrected chi connectivity index (χ2v) is 7.13. The van der Waals surface area contributed by atoms with Crippen molar-refractivity contribution in [3.8, 4) is 17.7 Å². The van der Waals surface area contributed by atoms with Crippen LogP contribution >= 0.6 is 47.0 Å². The van der Waals surface area contributed by atoms with Gasteiger partial charge in [-0.2, -0.15) is 15.7 Å². The van der Waals surface area contributed by atoms with Gasteiger partial charge in [-0.05, 0) is 36.8 Å². The molecule has 3 atom stereocenters. The molecule has 2 aliphatic rings. The van der Waals surface area contributed by atoms with Gasteiger partial charge in [0.2, 0.25) is 5.88 Å². The predicted octanol–water partition coefficient (Wildman–Crippen LogP) is 3.46. The van der Waals surface area contributed by atoms with Crippen LogP contribution in [-0.4, -0.2) is 39.9 Å². The number of rotatable bonds is 3. The number of nitrogens with zero attached hydrogens (tertiary/aromatic N) is 3. The lowest BCUT2D eigenvalue weighted by Crippen LogP contribution is -2.25. The number of hydrogen-bond donors (Lipinski definition) is 0. The summed E-state index contributed by atoms with van der Waals surface area (Å²) in [5, 5.41) is 4.07. The van der Waals surface area contributed by atoms with Crippen LogP contribution in [0.15, 0.2) is 16.8 Å². The van der Waals surface area contributed by atoms with E-state index in [0.717, 1.165) is 23.7 Å². The lowest BCUT2D eigenvalue weighted by Gasteiger charge is -2.21. The normalized spacial score (nSPS) is 25.3. The van der Waals surface area contributed by atoms with Crippen LogP contribution in [0.1, 0.15) is 30.0 Å². The molecular weight excluding hydrogens is 441 g/mol. The minimum atomic E-state index is 0. The molecule has 2 aromatic heterocycles. The Balaban J connectivity index is 0.00000156. The number of piperidine rings is 1. The SMILES string of the molecule is C(#Cc1ccsc1)COc1nsnc1C1CN2CCCC1C2.I. The van der Waals surface area contributed by atoms with Crippen LogP contribution in [0.4, 0.5) is 0 Å². The first-order chi connectivity index (χ1) is 10.9. The van der Waals surface area contributed by atoms with Gasteiger partial charge in [0.05, 0.1) is 11.7 Å². The summed E-state index contributed by atoms with van der Waals surface area (Å²) in [6, 6.07) is 2.01. The van der Waals surface area contributed by atoms with Gasteiger partial charge in [0.1, 0.15) is 5.69 Å². The zero-order valence-corrected chi connectivity index (χ0v) is 16.6. The Morgan fingerprint density at radius 1 is 1.35 bits per heavy atom. The number of thiophene rings is 1. The summed E-state index contributed by atoms with van der Waals surface area (Å²) in [5.74, 6) is 8.05. The first kappa shape index (κ1) is 17.1. The average Bonchev–Trinajstić information content (AvgIpc) is 3.25. The smallest absolute Gasteiger partial charge is 0.250 e. The topological polar surface area (TPSA) is 38.3 Å². The van der Waals surface area contributed by atoms with Crippen molar-refractivity contribution in [3.63, 3.8) is 0 Å². The molecule has 0 spiro atoms. The van der Waals surface area contributed by atoms with Gasteiger partial charge in [0.25, 0.3) is 0 Å². The van der Waals surface area contributed by atoms with Crippen LogP contribution in [0, 0.1) is 17.8 Å². The van der Waals surface area contributed by atoms with Crippen molar-refractivity contribution in [1.82, 2.24) is 13.6 Å². The van der Waals surface area contributed by atoms with E-state index in [1.54, 1.807) is 11.3 Å². The molecule has 0 N–H and O–H groups in total. The summed E-state index contributed by atoms with van der Waals surface area (Å²) in [7, 11) is 0. The van der Waals surface area contributed by atoms with E-state index in [9.17, 15) is 0 Å². The van der Waals surface area contributed by atoms with Crippen LogP contribution in [0.2, 0.25) is 0 Å². The molecular formula is C16H18IN3OS2. The van der Waals surface area contributed by atoms with Gasteiger partial charge in [-0.3, -0.25) is 0 Å². The highest BCUT2D eigenvalue weighted by Gasteiger charge is 2.39. The molecule has 4 rings (SSSR count). The Bertz CT molecular complexity index is 692. The second-order valence-electron chi connectivity index (χ2n) is 5.83. The number of ether oxygens (including phenoxy) is 1. The third kappa shape index (κ3) is 3.87. The van der Waals surface area contributed by atoms with Crippen molar-refractivity contribution in [2.24, 2.45) is 5.92 Å². The first-order valence-electron chi connectivity index (χ1n) is 7.59. The van der Waals surface area contributed by atoms with Gasteiger partial charge in [0, 0.05) is 30.0 Å². The molecule has 2 aliphatic heterocycles. The summed E-state index contributed by atoms with van der Waals surface area (Å²) in [6.45, 7) is 3.91. The highest BCUT2D eigenvalue weighted by molar-refractivity contribution is 14.0. The fourth-order valence-corrected chi connectivity index (χ4v) is 4.57. The highest BCUT2D eigenvalue weighted by Crippen LogP contribution is 2.40. The molecule has 0 aromatic carbocycles. The molecule has 2 aromatic rings. The molecule has 0 radical (unpaired) electrons. The van der Waals surface area contributed by atoms with Crippen LogP contribution < -0.4 is 4.74 Å². The monoisotopic (exact) mass is 459 g/mol. The van der Waals surface area contributed by atoms with E-state index in [1.807, 2.05) is 16.8 Å². The summed E-state index contributed by atoms with van der Waals surface area (Å²) in [6.07, 6.45) is 2.61. The molecule has 2 fully saturated rings. The maximum atomic E-state index is 5.78. The summed E-state index contributed by atoms with van der Waals surface area (Å²) in [4.78, 5) is 2.54. The van der Waals surface area contributed by atoms with E-state index >= 15 is 0 Å².